The van der Waals surface area contributed by atoms with Crippen molar-refractivity contribution < 1.29 is 4.42 Å². The van der Waals surface area contributed by atoms with Gasteiger partial charge in [-0.2, -0.15) is 0 Å². The van der Waals surface area contributed by atoms with Crippen LogP contribution in [0.15, 0.2) is 162 Å². The fourth-order valence-corrected chi connectivity index (χ4v) is 7.85. The molecule has 0 atom stereocenters. The van der Waals surface area contributed by atoms with Crippen molar-refractivity contribution in [2.24, 2.45) is 0 Å². The molecule has 8 aromatic rings. The number of hydrogen-bond acceptors (Lipinski definition) is 2. The summed E-state index contributed by atoms with van der Waals surface area (Å²) < 4.78 is 6.28. The lowest BCUT2D eigenvalue weighted by Crippen LogP contribution is -2.16. The zero-order valence-electron chi connectivity index (χ0n) is 27.8. The molecule has 0 bridgehead atoms. The first-order valence-electron chi connectivity index (χ1n) is 17.2. The molecule has 1 aliphatic carbocycles. The fourth-order valence-electron chi connectivity index (χ4n) is 7.85. The van der Waals surface area contributed by atoms with Gasteiger partial charge in [-0.3, -0.25) is 0 Å². The van der Waals surface area contributed by atoms with Crippen molar-refractivity contribution in [2.45, 2.75) is 32.2 Å². The third-order valence-corrected chi connectivity index (χ3v) is 10.4. The van der Waals surface area contributed by atoms with Crippen LogP contribution in [0.5, 0.6) is 0 Å². The fraction of sp³-hybridized carbons (Fsp3) is 0.106. The van der Waals surface area contributed by atoms with Gasteiger partial charge in [0.2, 0.25) is 0 Å². The van der Waals surface area contributed by atoms with Gasteiger partial charge >= 0.3 is 0 Å². The van der Waals surface area contributed by atoms with E-state index in [1.165, 1.54) is 55.3 Å². The standard InChI is InChI=1S/C47H37NO/c1-47(2)41-21-12-20-39(46(41)40-27-33-16-6-7-17-34(33)28-42(40)47)43(48-30-31-13-4-3-5-14-31)26-24-32-15-8-9-18-36(32)35-23-25-38-37-19-10-11-22-44(37)49-45(38)29-35/h3-23,25-29,48H,24,30H2,1-2H3/b43-26-. The average Bonchev–Trinajstić information content (AvgIpc) is 3.62. The van der Waals surface area contributed by atoms with Gasteiger partial charge in [0, 0.05) is 34.0 Å². The van der Waals surface area contributed by atoms with Gasteiger partial charge < -0.3 is 9.73 Å². The first-order chi connectivity index (χ1) is 24.0. The summed E-state index contributed by atoms with van der Waals surface area (Å²) >= 11 is 0. The van der Waals surface area contributed by atoms with Crippen molar-refractivity contribution in [2.75, 3.05) is 0 Å². The van der Waals surface area contributed by atoms with Gasteiger partial charge in [-0.15, -0.1) is 0 Å². The van der Waals surface area contributed by atoms with E-state index in [-0.39, 0.29) is 5.41 Å². The molecule has 0 saturated carbocycles. The minimum Gasteiger partial charge on any atom is -0.456 e. The number of fused-ring (bicyclic) bond motifs is 7. The van der Waals surface area contributed by atoms with E-state index < -0.39 is 0 Å². The Hall–Kier alpha value is -5.86. The minimum atomic E-state index is -0.100. The Morgan fingerprint density at radius 2 is 1.35 bits per heavy atom. The SMILES string of the molecule is CC1(C)c2cc3ccccc3cc2-c2c(/C(=C/Cc3ccccc3-c3ccc4c(c3)oc3ccccc34)NCc3ccccc3)cccc21. The van der Waals surface area contributed by atoms with Crippen LogP contribution in [0.3, 0.4) is 0 Å². The minimum absolute atomic E-state index is 0.100. The van der Waals surface area contributed by atoms with Crippen LogP contribution >= 0.6 is 0 Å². The topological polar surface area (TPSA) is 25.2 Å². The molecule has 0 aliphatic heterocycles. The zero-order chi connectivity index (χ0) is 33.0. The molecule has 49 heavy (non-hydrogen) atoms. The highest BCUT2D eigenvalue weighted by Crippen LogP contribution is 2.52. The van der Waals surface area contributed by atoms with Crippen LogP contribution in [-0.4, -0.2) is 0 Å². The van der Waals surface area contributed by atoms with Crippen LogP contribution < -0.4 is 5.32 Å². The summed E-state index contributed by atoms with van der Waals surface area (Å²) in [7, 11) is 0. The van der Waals surface area contributed by atoms with Gasteiger partial charge in [0.1, 0.15) is 11.2 Å². The molecule has 2 heteroatoms. The molecular weight excluding hydrogens is 595 g/mol. The van der Waals surface area contributed by atoms with Gasteiger partial charge in [-0.05, 0) is 92.0 Å². The number of furan rings is 1. The predicted octanol–water partition coefficient (Wildman–Crippen LogP) is 12.1. The molecule has 0 fully saturated rings. The Morgan fingerprint density at radius 3 is 2.22 bits per heavy atom. The van der Waals surface area contributed by atoms with E-state index >= 15 is 0 Å². The van der Waals surface area contributed by atoms with Crippen molar-refractivity contribution in [3.8, 4) is 22.3 Å². The highest BCUT2D eigenvalue weighted by molar-refractivity contribution is 6.06. The summed E-state index contributed by atoms with van der Waals surface area (Å²) in [6.45, 7) is 5.48. The van der Waals surface area contributed by atoms with Crippen LogP contribution in [0.4, 0.5) is 0 Å². The van der Waals surface area contributed by atoms with Crippen LogP contribution in [0.1, 0.15) is 41.7 Å². The monoisotopic (exact) mass is 631 g/mol. The van der Waals surface area contributed by atoms with Crippen molar-refractivity contribution in [1.82, 2.24) is 5.32 Å². The normalized spacial score (nSPS) is 13.6. The summed E-state index contributed by atoms with van der Waals surface area (Å²) in [4.78, 5) is 0. The molecule has 1 N–H and O–H groups in total. The summed E-state index contributed by atoms with van der Waals surface area (Å²) in [6, 6.07) is 54.7. The van der Waals surface area contributed by atoms with Gasteiger partial charge in [-0.25, -0.2) is 0 Å². The lowest BCUT2D eigenvalue weighted by molar-refractivity contribution is 0.661. The van der Waals surface area contributed by atoms with E-state index in [9.17, 15) is 0 Å². The third kappa shape index (κ3) is 5.03. The third-order valence-electron chi connectivity index (χ3n) is 10.4. The highest BCUT2D eigenvalue weighted by Gasteiger charge is 2.37. The number of para-hydroxylation sites is 1. The molecule has 236 valence electrons. The first-order valence-corrected chi connectivity index (χ1v) is 17.2. The Morgan fingerprint density at radius 1 is 0.612 bits per heavy atom. The van der Waals surface area contributed by atoms with Gasteiger partial charge in [0.25, 0.3) is 0 Å². The van der Waals surface area contributed by atoms with Crippen LogP contribution in [0, 0.1) is 0 Å². The molecule has 1 aliphatic rings. The second kappa shape index (κ2) is 11.7. The maximum Gasteiger partial charge on any atom is 0.136 e. The summed E-state index contributed by atoms with van der Waals surface area (Å²) in [5.41, 5.74) is 14.5. The van der Waals surface area contributed by atoms with Crippen molar-refractivity contribution >= 4 is 38.4 Å². The second-order valence-corrected chi connectivity index (χ2v) is 13.7. The number of hydrogen-bond donors (Lipinski definition) is 1. The largest absolute Gasteiger partial charge is 0.456 e. The number of nitrogens with one attached hydrogen (secondary N) is 1. The Balaban J connectivity index is 1.15. The van der Waals surface area contributed by atoms with E-state index in [4.69, 9.17) is 4.42 Å². The molecule has 1 heterocycles. The Kier molecular flexibility index (Phi) is 6.98. The molecule has 0 spiro atoms. The van der Waals surface area contributed by atoms with Crippen LogP contribution in [0.25, 0.3) is 60.7 Å². The van der Waals surface area contributed by atoms with Crippen molar-refractivity contribution in [3.05, 3.63) is 186 Å². The van der Waals surface area contributed by atoms with E-state index in [0.29, 0.717) is 0 Å². The molecule has 0 saturated heterocycles. The number of benzene rings is 7. The number of rotatable bonds is 7. The van der Waals surface area contributed by atoms with E-state index in [0.717, 1.165) is 46.2 Å². The molecule has 9 rings (SSSR count). The first kappa shape index (κ1) is 29.3. The van der Waals surface area contributed by atoms with E-state index in [2.05, 4.69) is 165 Å². The average molecular weight is 632 g/mol. The van der Waals surface area contributed by atoms with E-state index in [1.54, 1.807) is 0 Å². The Labute approximate surface area is 287 Å². The van der Waals surface area contributed by atoms with Gasteiger partial charge in [0.05, 0.1) is 0 Å². The van der Waals surface area contributed by atoms with Crippen molar-refractivity contribution in [3.63, 3.8) is 0 Å². The molecule has 0 amide bonds. The molecule has 1 aromatic heterocycles. The quantitative estimate of drug-likeness (QED) is 0.189. The summed E-state index contributed by atoms with van der Waals surface area (Å²) in [5.74, 6) is 0. The molecule has 0 radical (unpaired) electrons. The lowest BCUT2D eigenvalue weighted by atomic mass is 9.81. The summed E-state index contributed by atoms with van der Waals surface area (Å²) in [5, 5.41) is 8.76. The second-order valence-electron chi connectivity index (χ2n) is 13.7. The Bertz CT molecular complexity index is 2550. The molecular formula is C47H37NO. The van der Waals surface area contributed by atoms with Crippen LogP contribution in [0.2, 0.25) is 0 Å². The predicted molar refractivity (Wildman–Crippen MR) is 206 cm³/mol. The van der Waals surface area contributed by atoms with Crippen molar-refractivity contribution in [1.29, 1.82) is 0 Å². The molecule has 2 nitrogen and oxygen atoms in total. The maximum atomic E-state index is 6.28. The molecule has 7 aromatic carbocycles. The maximum absolute atomic E-state index is 6.28. The van der Waals surface area contributed by atoms with Crippen LogP contribution in [-0.2, 0) is 18.4 Å². The lowest BCUT2D eigenvalue weighted by Gasteiger charge is -2.22. The van der Waals surface area contributed by atoms with Gasteiger partial charge in [-0.1, -0.05) is 141 Å². The van der Waals surface area contributed by atoms with E-state index in [1.807, 2.05) is 12.1 Å². The molecule has 0 unspecified atom stereocenters. The van der Waals surface area contributed by atoms with Gasteiger partial charge in [0.15, 0.2) is 0 Å². The smallest absolute Gasteiger partial charge is 0.136 e. The number of allylic oxidation sites excluding steroid dienone is 1. The zero-order valence-corrected chi connectivity index (χ0v) is 27.8. The highest BCUT2D eigenvalue weighted by atomic mass is 16.3. The summed E-state index contributed by atoms with van der Waals surface area (Å²) in [6.07, 6.45) is 3.17.